The third kappa shape index (κ3) is 2.42. The smallest absolute Gasteiger partial charge is 0.226 e. The molecule has 26 heavy (non-hydrogen) atoms. The molecule has 1 atom stereocenters. The molecule has 1 unspecified atom stereocenters. The van der Waals surface area contributed by atoms with Gasteiger partial charge in [-0.1, -0.05) is 6.07 Å². The van der Waals surface area contributed by atoms with Gasteiger partial charge in [0.15, 0.2) is 0 Å². The first-order chi connectivity index (χ1) is 12.6. The number of aromatic amines is 1. The van der Waals surface area contributed by atoms with Gasteiger partial charge in [-0.2, -0.15) is 5.10 Å². The van der Waals surface area contributed by atoms with E-state index in [0.29, 0.717) is 19.4 Å². The van der Waals surface area contributed by atoms with Crippen molar-refractivity contribution in [3.63, 3.8) is 0 Å². The van der Waals surface area contributed by atoms with Crippen LogP contribution in [0.5, 0.6) is 0 Å². The standard InChI is InChI=1S/C19H21N5O2/c25-16(11-19(26)6-3-7-19)23-9-5-14-17(21-12-20-14)18(23)15-10-13-4-1-2-8-24(13)22-15/h1-2,4,8,10,12,18,26H,3,5-7,9,11H2,(H,20,21). The first-order valence-electron chi connectivity index (χ1n) is 9.11. The van der Waals surface area contributed by atoms with Crippen molar-refractivity contribution in [2.45, 2.75) is 43.7 Å². The van der Waals surface area contributed by atoms with Gasteiger partial charge in [-0.05, 0) is 37.5 Å². The van der Waals surface area contributed by atoms with Crippen molar-refractivity contribution in [2.24, 2.45) is 0 Å². The van der Waals surface area contributed by atoms with Crippen LogP contribution in [0.2, 0.25) is 0 Å². The van der Waals surface area contributed by atoms with Crippen LogP contribution in [0, 0.1) is 0 Å². The molecule has 4 heterocycles. The summed E-state index contributed by atoms with van der Waals surface area (Å²) in [6.07, 6.45) is 6.90. The molecule has 1 fully saturated rings. The molecule has 7 heteroatoms. The molecule has 2 aliphatic rings. The number of amides is 1. The largest absolute Gasteiger partial charge is 0.389 e. The lowest BCUT2D eigenvalue weighted by Crippen LogP contribution is -2.47. The zero-order valence-electron chi connectivity index (χ0n) is 14.4. The molecule has 3 aromatic rings. The minimum Gasteiger partial charge on any atom is -0.389 e. The molecule has 7 nitrogen and oxygen atoms in total. The van der Waals surface area contributed by atoms with Gasteiger partial charge in [-0.15, -0.1) is 0 Å². The van der Waals surface area contributed by atoms with Crippen LogP contribution >= 0.6 is 0 Å². The average Bonchev–Trinajstić information content (AvgIpc) is 3.25. The fourth-order valence-electron chi connectivity index (χ4n) is 4.08. The quantitative estimate of drug-likeness (QED) is 0.754. The van der Waals surface area contributed by atoms with E-state index in [4.69, 9.17) is 0 Å². The maximum atomic E-state index is 13.0. The molecule has 1 aliphatic heterocycles. The summed E-state index contributed by atoms with van der Waals surface area (Å²) < 4.78 is 1.82. The minimum absolute atomic E-state index is 0.0251. The Kier molecular flexibility index (Phi) is 3.40. The monoisotopic (exact) mass is 351 g/mol. The van der Waals surface area contributed by atoms with Crippen LogP contribution in [0.25, 0.3) is 5.52 Å². The fraction of sp³-hybridized carbons (Fsp3) is 0.421. The maximum absolute atomic E-state index is 13.0. The molecule has 0 radical (unpaired) electrons. The van der Waals surface area contributed by atoms with Crippen LogP contribution in [0.4, 0.5) is 0 Å². The van der Waals surface area contributed by atoms with Crippen LogP contribution in [-0.2, 0) is 11.2 Å². The maximum Gasteiger partial charge on any atom is 0.226 e. The van der Waals surface area contributed by atoms with E-state index in [1.54, 1.807) is 6.33 Å². The predicted octanol–water partition coefficient (Wildman–Crippen LogP) is 1.84. The van der Waals surface area contributed by atoms with E-state index in [1.807, 2.05) is 39.9 Å². The summed E-state index contributed by atoms with van der Waals surface area (Å²) in [7, 11) is 0. The summed E-state index contributed by atoms with van der Waals surface area (Å²) in [5, 5.41) is 15.1. The van der Waals surface area contributed by atoms with E-state index in [-0.39, 0.29) is 18.4 Å². The Bertz CT molecular complexity index is 938. The van der Waals surface area contributed by atoms with Gasteiger partial charge in [0.25, 0.3) is 0 Å². The van der Waals surface area contributed by atoms with Gasteiger partial charge in [0, 0.05) is 24.9 Å². The number of rotatable bonds is 3. The van der Waals surface area contributed by atoms with Crippen molar-refractivity contribution in [3.05, 3.63) is 53.9 Å². The van der Waals surface area contributed by atoms with E-state index in [9.17, 15) is 9.90 Å². The van der Waals surface area contributed by atoms with Crippen LogP contribution in [0.1, 0.15) is 48.8 Å². The zero-order valence-corrected chi connectivity index (χ0v) is 14.4. The Balaban J connectivity index is 1.54. The molecule has 1 saturated carbocycles. The van der Waals surface area contributed by atoms with E-state index in [2.05, 4.69) is 15.1 Å². The number of hydrogen-bond acceptors (Lipinski definition) is 4. The highest BCUT2D eigenvalue weighted by atomic mass is 16.3. The van der Waals surface area contributed by atoms with E-state index < -0.39 is 5.60 Å². The highest BCUT2D eigenvalue weighted by molar-refractivity contribution is 5.79. The summed E-state index contributed by atoms with van der Waals surface area (Å²) in [5.41, 5.74) is 2.87. The molecule has 2 N–H and O–H groups in total. The van der Waals surface area contributed by atoms with Gasteiger partial charge in [0.2, 0.25) is 5.91 Å². The Hall–Kier alpha value is -2.67. The SMILES string of the molecule is O=C(CC1(O)CCC1)N1CCc2[nH]cnc2C1c1cc2ccccn2n1. The highest BCUT2D eigenvalue weighted by Gasteiger charge is 2.41. The number of imidazole rings is 1. The Labute approximate surface area is 150 Å². The molecular formula is C19H21N5O2. The molecule has 0 aromatic carbocycles. The zero-order chi connectivity index (χ0) is 17.7. The van der Waals surface area contributed by atoms with Gasteiger partial charge >= 0.3 is 0 Å². The molecule has 0 spiro atoms. The van der Waals surface area contributed by atoms with Crippen LogP contribution in [-0.4, -0.2) is 47.6 Å². The van der Waals surface area contributed by atoms with Crippen molar-refractivity contribution in [3.8, 4) is 0 Å². The van der Waals surface area contributed by atoms with Gasteiger partial charge in [0.05, 0.1) is 35.3 Å². The summed E-state index contributed by atoms with van der Waals surface area (Å²) >= 11 is 0. The van der Waals surface area contributed by atoms with Crippen LogP contribution < -0.4 is 0 Å². The lowest BCUT2D eigenvalue weighted by atomic mass is 9.77. The number of H-pyrrole nitrogens is 1. The molecular weight excluding hydrogens is 330 g/mol. The summed E-state index contributed by atoms with van der Waals surface area (Å²) in [4.78, 5) is 22.5. The third-order valence-electron chi connectivity index (χ3n) is 5.68. The van der Waals surface area contributed by atoms with Crippen LogP contribution in [0.15, 0.2) is 36.8 Å². The molecule has 134 valence electrons. The van der Waals surface area contributed by atoms with E-state index >= 15 is 0 Å². The lowest BCUT2D eigenvalue weighted by Gasteiger charge is -2.40. The third-order valence-corrected chi connectivity index (χ3v) is 5.68. The Morgan fingerprint density at radius 1 is 1.38 bits per heavy atom. The number of nitrogens with zero attached hydrogens (tertiary/aromatic N) is 4. The molecule has 0 bridgehead atoms. The first-order valence-corrected chi connectivity index (χ1v) is 9.11. The highest BCUT2D eigenvalue weighted by Crippen LogP contribution is 2.38. The van der Waals surface area contributed by atoms with Gasteiger partial charge < -0.3 is 15.0 Å². The number of pyridine rings is 1. The number of carbonyl (C=O) groups is 1. The topological polar surface area (TPSA) is 86.5 Å². The normalized spacial score (nSPS) is 21.4. The van der Waals surface area contributed by atoms with Crippen molar-refractivity contribution in [2.75, 3.05) is 6.54 Å². The summed E-state index contributed by atoms with van der Waals surface area (Å²) in [5.74, 6) is -0.0251. The number of carbonyl (C=O) groups excluding carboxylic acids is 1. The van der Waals surface area contributed by atoms with Gasteiger partial charge in [-0.25, -0.2) is 9.50 Å². The number of aromatic nitrogens is 4. The Morgan fingerprint density at radius 2 is 2.27 bits per heavy atom. The second-order valence-corrected chi connectivity index (χ2v) is 7.40. The second-order valence-electron chi connectivity index (χ2n) is 7.40. The van der Waals surface area contributed by atoms with E-state index in [1.165, 1.54) is 0 Å². The number of nitrogens with one attached hydrogen (secondary N) is 1. The van der Waals surface area contributed by atoms with Gasteiger partial charge in [0.1, 0.15) is 6.04 Å². The number of hydrogen-bond donors (Lipinski definition) is 2. The fourth-order valence-corrected chi connectivity index (χ4v) is 4.08. The lowest BCUT2D eigenvalue weighted by molar-refractivity contribution is -0.142. The first kappa shape index (κ1) is 15.6. The van der Waals surface area contributed by atoms with Crippen molar-refractivity contribution in [1.82, 2.24) is 24.5 Å². The number of fused-ring (bicyclic) bond motifs is 2. The van der Waals surface area contributed by atoms with Gasteiger partial charge in [-0.3, -0.25) is 4.79 Å². The average molecular weight is 351 g/mol. The molecule has 5 rings (SSSR count). The predicted molar refractivity (Wildman–Crippen MR) is 94.5 cm³/mol. The summed E-state index contributed by atoms with van der Waals surface area (Å²) in [6, 6.07) is 7.58. The molecule has 1 aliphatic carbocycles. The summed E-state index contributed by atoms with van der Waals surface area (Å²) in [6.45, 7) is 0.600. The van der Waals surface area contributed by atoms with Crippen molar-refractivity contribution < 1.29 is 9.90 Å². The molecule has 3 aromatic heterocycles. The van der Waals surface area contributed by atoms with Crippen molar-refractivity contribution >= 4 is 11.4 Å². The Morgan fingerprint density at radius 3 is 3.04 bits per heavy atom. The minimum atomic E-state index is -0.827. The molecule has 1 amide bonds. The van der Waals surface area contributed by atoms with Crippen LogP contribution in [0.3, 0.4) is 0 Å². The second kappa shape index (κ2) is 5.67. The molecule has 0 saturated heterocycles. The number of aliphatic hydroxyl groups is 1. The van der Waals surface area contributed by atoms with Crippen molar-refractivity contribution in [1.29, 1.82) is 0 Å². The van der Waals surface area contributed by atoms with E-state index in [0.717, 1.165) is 35.4 Å².